The largest absolute Gasteiger partial charge is 0.462 e. The zero-order chi connectivity index (χ0) is 23.2. The number of esters is 2. The Labute approximate surface area is 186 Å². The van der Waals surface area contributed by atoms with Crippen molar-refractivity contribution in [3.05, 3.63) is 0 Å². The SMILES string of the molecule is [2H][C@@]1(OC(C)=O)C[C@@H]2[C@]3(CC[C@@H]4C(C)(C)CC[C@H](OC(C)=O)[C@]42C)C[C@@]1(C)[C@H](Cl)[C@H]3O. The van der Waals surface area contributed by atoms with Crippen LogP contribution in [-0.4, -0.2) is 40.7 Å². The van der Waals surface area contributed by atoms with Gasteiger partial charge in [0.1, 0.15) is 12.2 Å². The van der Waals surface area contributed by atoms with E-state index < -0.39 is 39.8 Å². The maximum atomic E-state index is 12.0. The van der Waals surface area contributed by atoms with Crippen LogP contribution in [0.4, 0.5) is 0 Å². The highest BCUT2D eigenvalue weighted by atomic mass is 35.5. The van der Waals surface area contributed by atoms with Crippen molar-refractivity contribution >= 4 is 23.5 Å². The Kier molecular flexibility index (Phi) is 4.80. The van der Waals surface area contributed by atoms with Crippen LogP contribution in [0.25, 0.3) is 0 Å². The molecule has 0 aromatic carbocycles. The van der Waals surface area contributed by atoms with E-state index >= 15 is 0 Å². The van der Waals surface area contributed by atoms with Crippen LogP contribution < -0.4 is 0 Å². The number of ether oxygens (including phenoxy) is 2. The molecule has 1 spiro atoms. The quantitative estimate of drug-likeness (QED) is 0.505. The summed E-state index contributed by atoms with van der Waals surface area (Å²) >= 11 is 6.84. The molecule has 170 valence electrons. The summed E-state index contributed by atoms with van der Waals surface area (Å²) < 4.78 is 20.9. The van der Waals surface area contributed by atoms with Crippen LogP contribution >= 0.6 is 11.6 Å². The number of hydrogen-bond donors (Lipinski definition) is 1. The van der Waals surface area contributed by atoms with E-state index in [1.54, 1.807) is 0 Å². The van der Waals surface area contributed by atoms with Crippen LogP contribution in [0.1, 0.15) is 81.4 Å². The monoisotopic (exact) mass is 441 g/mol. The van der Waals surface area contributed by atoms with Crippen molar-refractivity contribution in [3.8, 4) is 0 Å². The fraction of sp³-hybridized carbons (Fsp3) is 0.917. The summed E-state index contributed by atoms with van der Waals surface area (Å²) in [6.45, 7) is 11.4. The maximum Gasteiger partial charge on any atom is 0.302 e. The second-order valence-electron chi connectivity index (χ2n) is 11.5. The van der Waals surface area contributed by atoms with E-state index in [0.29, 0.717) is 12.8 Å². The van der Waals surface area contributed by atoms with Crippen LogP contribution in [0.5, 0.6) is 0 Å². The number of aliphatic hydroxyl groups is 1. The minimum absolute atomic E-state index is 0.0454. The molecule has 0 heterocycles. The standard InChI is InChI=1S/C24H37ClO5/c1-13(26)29-17-8-9-21(3,4)15-7-10-24-12-22(5,19(25)20(24)28)18(30-14(2)27)11-16(24)23(15,17)6/h15-20,28H,7-12H2,1-6H3/t15-,16+,17+,18-,19-,20-,22-,23-,24+/m1/s1/i18D. The zero-order valence-electron chi connectivity index (χ0n) is 20.1. The molecule has 2 bridgehead atoms. The van der Waals surface area contributed by atoms with Crippen LogP contribution in [0.3, 0.4) is 0 Å². The molecule has 9 atom stereocenters. The van der Waals surface area contributed by atoms with E-state index in [4.69, 9.17) is 21.1 Å². The van der Waals surface area contributed by atoms with E-state index in [0.717, 1.165) is 25.7 Å². The van der Waals surface area contributed by atoms with Crippen LogP contribution in [0, 0.1) is 33.5 Å². The third-order valence-electron chi connectivity index (χ3n) is 9.55. The average molecular weight is 442 g/mol. The van der Waals surface area contributed by atoms with E-state index in [-0.39, 0.29) is 29.3 Å². The zero-order valence-corrected chi connectivity index (χ0v) is 19.8. The predicted molar refractivity (Wildman–Crippen MR) is 114 cm³/mol. The van der Waals surface area contributed by atoms with E-state index in [9.17, 15) is 16.1 Å². The normalized spacial score (nSPS) is 54.4. The summed E-state index contributed by atoms with van der Waals surface area (Å²) in [4.78, 5) is 24.1. The third kappa shape index (κ3) is 2.83. The topological polar surface area (TPSA) is 72.8 Å². The molecule has 4 saturated carbocycles. The molecule has 4 aliphatic rings. The molecule has 6 heteroatoms. The molecule has 30 heavy (non-hydrogen) atoms. The smallest absolute Gasteiger partial charge is 0.302 e. The first-order chi connectivity index (χ1) is 14.1. The summed E-state index contributed by atoms with van der Waals surface area (Å²) in [5.74, 6) is -0.691. The first-order valence-corrected chi connectivity index (χ1v) is 11.8. The Balaban J connectivity index is 1.88. The van der Waals surface area contributed by atoms with E-state index in [1.165, 1.54) is 13.8 Å². The second kappa shape index (κ2) is 6.84. The first-order valence-electron chi connectivity index (χ1n) is 11.8. The molecule has 4 rings (SSSR count). The number of aliphatic hydroxyl groups excluding tert-OH is 1. The molecule has 1 N–H and O–H groups in total. The van der Waals surface area contributed by atoms with Gasteiger partial charge in [-0.25, -0.2) is 0 Å². The van der Waals surface area contributed by atoms with Gasteiger partial charge in [-0.3, -0.25) is 9.59 Å². The summed E-state index contributed by atoms with van der Waals surface area (Å²) in [6.07, 6.45) is 1.66. The minimum Gasteiger partial charge on any atom is -0.462 e. The van der Waals surface area contributed by atoms with Gasteiger partial charge < -0.3 is 14.6 Å². The lowest BCUT2D eigenvalue weighted by atomic mass is 9.39. The molecule has 0 unspecified atom stereocenters. The lowest BCUT2D eigenvalue weighted by Crippen LogP contribution is -2.65. The van der Waals surface area contributed by atoms with Gasteiger partial charge >= 0.3 is 11.9 Å². The number of rotatable bonds is 2. The van der Waals surface area contributed by atoms with Crippen molar-refractivity contribution in [1.29, 1.82) is 0 Å². The fourth-order valence-electron chi connectivity index (χ4n) is 8.33. The van der Waals surface area contributed by atoms with Crippen molar-refractivity contribution in [3.63, 3.8) is 0 Å². The summed E-state index contributed by atoms with van der Waals surface area (Å²) in [5.41, 5.74) is -1.71. The van der Waals surface area contributed by atoms with Gasteiger partial charge in [-0.05, 0) is 55.8 Å². The van der Waals surface area contributed by atoms with Gasteiger partial charge in [0.05, 0.1) is 12.9 Å². The third-order valence-corrected chi connectivity index (χ3v) is 10.3. The maximum absolute atomic E-state index is 12.0. The van der Waals surface area contributed by atoms with Gasteiger partial charge in [0.25, 0.3) is 0 Å². The molecule has 0 aliphatic heterocycles. The van der Waals surface area contributed by atoms with Gasteiger partial charge in [0.2, 0.25) is 0 Å². The number of hydrogen-bond acceptors (Lipinski definition) is 5. The van der Waals surface area contributed by atoms with Gasteiger partial charge in [-0.1, -0.05) is 27.7 Å². The van der Waals surface area contributed by atoms with Gasteiger partial charge in [0.15, 0.2) is 0 Å². The fourth-order valence-corrected chi connectivity index (χ4v) is 8.78. The Morgan fingerprint density at radius 1 is 1.03 bits per heavy atom. The molecule has 4 aliphatic carbocycles. The van der Waals surface area contributed by atoms with Gasteiger partial charge in [-0.15, -0.1) is 11.6 Å². The summed E-state index contributed by atoms with van der Waals surface area (Å²) in [5, 5.41) is 10.8. The van der Waals surface area contributed by atoms with Crippen LogP contribution in [0.2, 0.25) is 0 Å². The van der Waals surface area contributed by atoms with Crippen molar-refractivity contribution in [1.82, 2.24) is 0 Å². The molecule has 0 aromatic heterocycles. The summed E-state index contributed by atoms with van der Waals surface area (Å²) in [7, 11) is 0. The number of carbonyl (C=O) groups excluding carboxylic acids is 2. The highest BCUT2D eigenvalue weighted by Crippen LogP contribution is 2.74. The van der Waals surface area contributed by atoms with Crippen molar-refractivity contribution < 1.29 is 25.5 Å². The number of carbonyl (C=O) groups is 2. The Morgan fingerprint density at radius 2 is 1.67 bits per heavy atom. The highest BCUT2D eigenvalue weighted by Gasteiger charge is 2.74. The summed E-state index contributed by atoms with van der Waals surface area (Å²) in [6, 6.07) is 0. The minimum atomic E-state index is -1.54. The predicted octanol–water partition coefficient (Wildman–Crippen LogP) is 4.47. The molecule has 4 fully saturated rings. The lowest BCUT2D eigenvalue weighted by Gasteiger charge is -2.66. The highest BCUT2D eigenvalue weighted by molar-refractivity contribution is 6.22. The van der Waals surface area contributed by atoms with E-state index in [1.807, 2.05) is 6.92 Å². The van der Waals surface area contributed by atoms with Crippen LogP contribution in [-0.2, 0) is 19.1 Å². The average Bonchev–Trinajstić information content (AvgIpc) is 2.80. The number of halogens is 1. The molecule has 5 nitrogen and oxygen atoms in total. The lowest BCUT2D eigenvalue weighted by molar-refractivity contribution is -0.237. The Bertz CT molecular complexity index is 803. The molecule has 0 radical (unpaired) electrons. The second-order valence-corrected chi connectivity index (χ2v) is 12.0. The first kappa shape index (κ1) is 21.1. The van der Waals surface area contributed by atoms with Crippen LogP contribution in [0.15, 0.2) is 0 Å². The molecular formula is C24H37ClO5. The van der Waals surface area contributed by atoms with Gasteiger partial charge in [-0.2, -0.15) is 0 Å². The van der Waals surface area contributed by atoms with E-state index in [2.05, 4.69) is 20.8 Å². The van der Waals surface area contributed by atoms with Crippen molar-refractivity contribution in [2.75, 3.05) is 0 Å². The Hall–Kier alpha value is -0.810. The molecule has 0 amide bonds. The number of fused-ring (bicyclic) bond motifs is 3. The van der Waals surface area contributed by atoms with Gasteiger partial charge in [0, 0.05) is 30.1 Å². The number of alkyl halides is 1. The molecular weight excluding hydrogens is 404 g/mol. The van der Waals surface area contributed by atoms with Crippen molar-refractivity contribution in [2.45, 2.75) is 104 Å². The molecule has 0 aromatic rings. The van der Waals surface area contributed by atoms with Crippen molar-refractivity contribution in [2.24, 2.45) is 33.5 Å². The molecule has 0 saturated heterocycles. The Morgan fingerprint density at radius 3 is 2.27 bits per heavy atom.